The summed E-state index contributed by atoms with van der Waals surface area (Å²) in [6.45, 7) is 2.85. The molecule has 0 spiro atoms. The number of aromatic amines is 1. The molecule has 2 atom stereocenters. The molecule has 6 heteroatoms. The van der Waals surface area contributed by atoms with Gasteiger partial charge < -0.3 is 14.6 Å². The highest BCUT2D eigenvalue weighted by atomic mass is 35.5. The van der Waals surface area contributed by atoms with Crippen molar-refractivity contribution in [3.8, 4) is 0 Å². The normalized spacial score (nSPS) is 24.0. The van der Waals surface area contributed by atoms with Crippen molar-refractivity contribution >= 4 is 17.5 Å². The van der Waals surface area contributed by atoms with Crippen LogP contribution < -0.4 is 5.56 Å². The first-order valence-corrected chi connectivity index (χ1v) is 6.33. The first-order chi connectivity index (χ1) is 8.60. The number of nitrogens with zero attached hydrogens (tertiary/aromatic N) is 1. The molecule has 2 unspecified atom stereocenters. The Morgan fingerprint density at radius 1 is 1.56 bits per heavy atom. The highest BCUT2D eigenvalue weighted by molar-refractivity contribution is 6.18. The molecule has 0 radical (unpaired) electrons. The monoisotopic (exact) mass is 270 g/mol. The summed E-state index contributed by atoms with van der Waals surface area (Å²) in [6.07, 6.45) is -0.211. The second-order valence-corrected chi connectivity index (χ2v) is 4.67. The number of ether oxygens (including phenoxy) is 1. The van der Waals surface area contributed by atoms with Crippen LogP contribution in [0.5, 0.6) is 0 Å². The van der Waals surface area contributed by atoms with Gasteiger partial charge in [-0.2, -0.15) is 0 Å². The smallest absolute Gasteiger partial charge is 0.270 e. The molecule has 5 nitrogen and oxygen atoms in total. The highest BCUT2D eigenvalue weighted by Crippen LogP contribution is 2.14. The van der Waals surface area contributed by atoms with Crippen LogP contribution >= 0.6 is 11.6 Å². The molecule has 0 aliphatic carbocycles. The average Bonchev–Trinajstić information content (AvgIpc) is 2.37. The Balaban J connectivity index is 2.15. The van der Waals surface area contributed by atoms with E-state index in [-0.39, 0.29) is 23.7 Å². The zero-order valence-electron chi connectivity index (χ0n) is 10.1. The first-order valence-electron chi connectivity index (χ1n) is 5.80. The predicted molar refractivity (Wildman–Crippen MR) is 68.0 cm³/mol. The Labute approximate surface area is 110 Å². The first kappa shape index (κ1) is 13.1. The number of hydrogen-bond acceptors (Lipinski definition) is 3. The lowest BCUT2D eigenvalue weighted by Gasteiger charge is -2.35. The number of halogens is 1. The van der Waals surface area contributed by atoms with Gasteiger partial charge in [-0.25, -0.2) is 0 Å². The molecule has 0 saturated carbocycles. The van der Waals surface area contributed by atoms with Crippen LogP contribution in [0.25, 0.3) is 0 Å². The minimum absolute atomic E-state index is 0.0538. The van der Waals surface area contributed by atoms with Crippen molar-refractivity contribution in [1.29, 1.82) is 0 Å². The molecule has 1 saturated heterocycles. The number of aromatic nitrogens is 1. The lowest BCUT2D eigenvalue weighted by atomic mass is 10.2. The van der Waals surface area contributed by atoms with E-state index in [0.717, 1.165) is 0 Å². The Kier molecular flexibility index (Phi) is 4.04. The molecule has 1 fully saturated rings. The second kappa shape index (κ2) is 5.54. The molecular weight excluding hydrogens is 256 g/mol. The van der Waals surface area contributed by atoms with Crippen LogP contribution in [0, 0.1) is 0 Å². The van der Waals surface area contributed by atoms with Gasteiger partial charge in [0.05, 0.1) is 18.1 Å². The van der Waals surface area contributed by atoms with Crippen molar-refractivity contribution in [3.05, 3.63) is 34.2 Å². The minimum Gasteiger partial charge on any atom is -0.370 e. The van der Waals surface area contributed by atoms with Crippen LogP contribution in [0.2, 0.25) is 0 Å². The molecule has 0 aromatic carbocycles. The third-order valence-corrected chi connectivity index (χ3v) is 3.13. The molecule has 1 aliphatic rings. The van der Waals surface area contributed by atoms with Crippen LogP contribution in [-0.2, 0) is 4.74 Å². The van der Waals surface area contributed by atoms with E-state index in [1.54, 1.807) is 17.0 Å². The van der Waals surface area contributed by atoms with Gasteiger partial charge in [-0.05, 0) is 13.0 Å². The molecule has 0 bridgehead atoms. The number of amides is 1. The number of carbonyl (C=O) groups excluding carboxylic acids is 1. The number of carbonyl (C=O) groups is 1. The number of alkyl halides is 1. The van der Waals surface area contributed by atoms with Crippen LogP contribution in [0.3, 0.4) is 0 Å². The van der Waals surface area contributed by atoms with Gasteiger partial charge in [0, 0.05) is 19.2 Å². The summed E-state index contributed by atoms with van der Waals surface area (Å²) in [4.78, 5) is 27.6. The Hall–Kier alpha value is -1.33. The van der Waals surface area contributed by atoms with Crippen LogP contribution in [-0.4, -0.2) is 47.0 Å². The highest BCUT2D eigenvalue weighted by Gasteiger charge is 2.28. The summed E-state index contributed by atoms with van der Waals surface area (Å²) >= 11 is 5.77. The lowest BCUT2D eigenvalue weighted by Crippen LogP contribution is -2.50. The van der Waals surface area contributed by atoms with Crippen LogP contribution in [0.4, 0.5) is 0 Å². The Morgan fingerprint density at radius 2 is 2.33 bits per heavy atom. The fourth-order valence-electron chi connectivity index (χ4n) is 2.04. The van der Waals surface area contributed by atoms with Gasteiger partial charge in [-0.1, -0.05) is 6.07 Å². The average molecular weight is 271 g/mol. The quantitative estimate of drug-likeness (QED) is 0.810. The molecule has 18 heavy (non-hydrogen) atoms. The molecule has 1 aromatic rings. The summed E-state index contributed by atoms with van der Waals surface area (Å²) in [7, 11) is 0. The fourth-order valence-corrected chi connectivity index (χ4v) is 2.21. The van der Waals surface area contributed by atoms with Gasteiger partial charge in [0.1, 0.15) is 5.69 Å². The minimum atomic E-state index is -0.281. The number of H-pyrrole nitrogens is 1. The third-order valence-electron chi connectivity index (χ3n) is 2.78. The van der Waals surface area contributed by atoms with Crippen LogP contribution in [0.1, 0.15) is 17.4 Å². The Bertz CT molecular complexity index is 488. The second-order valence-electron chi connectivity index (χ2n) is 4.36. The molecule has 2 rings (SSSR count). The maximum atomic E-state index is 12.2. The summed E-state index contributed by atoms with van der Waals surface area (Å²) in [6, 6.07) is 4.54. The van der Waals surface area contributed by atoms with Crippen molar-refractivity contribution in [1.82, 2.24) is 9.88 Å². The molecule has 1 aliphatic heterocycles. The zero-order chi connectivity index (χ0) is 13.1. The maximum absolute atomic E-state index is 12.2. The van der Waals surface area contributed by atoms with E-state index in [0.29, 0.717) is 24.7 Å². The standard InChI is InChI=1S/C12H15ClN2O3/c1-8-6-15(7-9(5-13)18-8)12(17)10-3-2-4-11(16)14-10/h2-4,8-9H,5-7H2,1H3,(H,14,16). The number of nitrogens with one attached hydrogen (secondary N) is 1. The van der Waals surface area contributed by atoms with Crippen molar-refractivity contribution in [3.63, 3.8) is 0 Å². The van der Waals surface area contributed by atoms with E-state index in [4.69, 9.17) is 16.3 Å². The Morgan fingerprint density at radius 3 is 3.00 bits per heavy atom. The van der Waals surface area contributed by atoms with Gasteiger partial charge >= 0.3 is 0 Å². The summed E-state index contributed by atoms with van der Waals surface area (Å²) in [5.74, 6) is 0.150. The largest absolute Gasteiger partial charge is 0.370 e. The van der Waals surface area contributed by atoms with Gasteiger partial charge in [0.2, 0.25) is 5.56 Å². The molecule has 1 amide bonds. The van der Waals surface area contributed by atoms with Crippen molar-refractivity contribution in [2.45, 2.75) is 19.1 Å². The lowest BCUT2D eigenvalue weighted by molar-refractivity contribution is -0.0571. The SMILES string of the molecule is CC1CN(C(=O)c2cccc(=O)[nH]2)CC(CCl)O1. The fraction of sp³-hybridized carbons (Fsp3) is 0.500. The van der Waals surface area contributed by atoms with Crippen molar-refractivity contribution in [2.24, 2.45) is 0 Å². The van der Waals surface area contributed by atoms with Gasteiger partial charge in [-0.15, -0.1) is 11.6 Å². The number of rotatable bonds is 2. The molecule has 2 heterocycles. The molecular formula is C12H15ClN2O3. The molecule has 1 aromatic heterocycles. The number of pyridine rings is 1. The van der Waals surface area contributed by atoms with E-state index < -0.39 is 0 Å². The van der Waals surface area contributed by atoms with Crippen molar-refractivity contribution in [2.75, 3.05) is 19.0 Å². The summed E-state index contributed by atoms with van der Waals surface area (Å²) < 4.78 is 5.58. The van der Waals surface area contributed by atoms with Gasteiger partial charge in [0.25, 0.3) is 5.91 Å². The maximum Gasteiger partial charge on any atom is 0.270 e. The molecule has 98 valence electrons. The number of morpholine rings is 1. The van der Waals surface area contributed by atoms with Gasteiger partial charge in [0.15, 0.2) is 0 Å². The van der Waals surface area contributed by atoms with Crippen LogP contribution in [0.15, 0.2) is 23.0 Å². The topological polar surface area (TPSA) is 62.4 Å². The van der Waals surface area contributed by atoms with E-state index >= 15 is 0 Å². The predicted octanol–water partition coefficient (Wildman–Crippen LogP) is 0.843. The van der Waals surface area contributed by atoms with E-state index in [1.165, 1.54) is 6.07 Å². The van der Waals surface area contributed by atoms with E-state index in [9.17, 15) is 9.59 Å². The van der Waals surface area contributed by atoms with Crippen molar-refractivity contribution < 1.29 is 9.53 Å². The zero-order valence-corrected chi connectivity index (χ0v) is 10.8. The summed E-state index contributed by atoms with van der Waals surface area (Å²) in [5.41, 5.74) is 0.0148. The summed E-state index contributed by atoms with van der Waals surface area (Å²) in [5, 5.41) is 0. The molecule has 1 N–H and O–H groups in total. The third kappa shape index (κ3) is 2.91. The van der Waals surface area contributed by atoms with E-state index in [1.807, 2.05) is 6.92 Å². The van der Waals surface area contributed by atoms with Gasteiger partial charge in [-0.3, -0.25) is 9.59 Å². The number of hydrogen-bond donors (Lipinski definition) is 1. The van der Waals surface area contributed by atoms with E-state index in [2.05, 4.69) is 4.98 Å².